The van der Waals surface area contributed by atoms with E-state index >= 15 is 0 Å². The van der Waals surface area contributed by atoms with Crippen molar-refractivity contribution in [1.29, 1.82) is 0 Å². The first kappa shape index (κ1) is 16.1. The molecule has 0 aliphatic rings. The van der Waals surface area contributed by atoms with E-state index in [9.17, 15) is 0 Å². The van der Waals surface area contributed by atoms with E-state index in [1.807, 2.05) is 19.9 Å². The van der Waals surface area contributed by atoms with Gasteiger partial charge in [0.25, 0.3) is 0 Å². The predicted octanol–water partition coefficient (Wildman–Crippen LogP) is 2.51. The van der Waals surface area contributed by atoms with Crippen LogP contribution in [0.2, 0.25) is 0 Å². The number of rotatable bonds is 10. The zero-order valence-corrected chi connectivity index (χ0v) is 12.5. The van der Waals surface area contributed by atoms with E-state index in [1.165, 1.54) is 0 Å². The summed E-state index contributed by atoms with van der Waals surface area (Å²) in [4.78, 5) is 0. The number of nitrogens with one attached hydrogen (secondary N) is 1. The highest BCUT2D eigenvalue weighted by Crippen LogP contribution is 2.13. The maximum atomic E-state index is 5.56. The first-order valence-corrected chi connectivity index (χ1v) is 6.85. The lowest BCUT2D eigenvalue weighted by atomic mass is 10.1. The molecule has 0 unspecified atom stereocenters. The molecule has 5 heteroatoms. The van der Waals surface area contributed by atoms with E-state index in [1.54, 1.807) is 7.11 Å². The van der Waals surface area contributed by atoms with Crippen molar-refractivity contribution in [1.82, 2.24) is 10.5 Å². The average Bonchev–Trinajstić information content (AvgIpc) is 2.83. The van der Waals surface area contributed by atoms with Gasteiger partial charge >= 0.3 is 0 Å². The van der Waals surface area contributed by atoms with Gasteiger partial charge in [0, 0.05) is 26.3 Å². The van der Waals surface area contributed by atoms with Gasteiger partial charge in [-0.05, 0) is 33.2 Å². The third kappa shape index (κ3) is 6.71. The molecule has 0 radical (unpaired) electrons. The van der Waals surface area contributed by atoms with Gasteiger partial charge in [-0.15, -0.1) is 0 Å². The summed E-state index contributed by atoms with van der Waals surface area (Å²) in [5.41, 5.74) is 0.778. The highest BCUT2D eigenvalue weighted by Gasteiger charge is 2.15. The topological polar surface area (TPSA) is 56.5 Å². The van der Waals surface area contributed by atoms with Crippen molar-refractivity contribution >= 4 is 0 Å². The summed E-state index contributed by atoms with van der Waals surface area (Å²) in [6.45, 7) is 9.06. The first-order chi connectivity index (χ1) is 9.07. The number of nitrogens with zero attached hydrogens (tertiary/aromatic N) is 1. The smallest absolute Gasteiger partial charge is 0.162 e. The zero-order chi connectivity index (χ0) is 14.1. The second-order valence-corrected chi connectivity index (χ2v) is 5.23. The molecule has 0 aliphatic heterocycles. The Bertz CT molecular complexity index is 350. The molecule has 0 amide bonds. The second kappa shape index (κ2) is 8.30. The molecule has 0 saturated heterocycles. The second-order valence-electron chi connectivity index (χ2n) is 5.23. The van der Waals surface area contributed by atoms with Crippen LogP contribution in [0.25, 0.3) is 0 Å². The molecule has 110 valence electrons. The van der Waals surface area contributed by atoms with Gasteiger partial charge < -0.3 is 19.3 Å². The molecule has 0 spiro atoms. The Morgan fingerprint density at radius 2 is 2.21 bits per heavy atom. The SMILES string of the molecule is CCCNCc1cc(COCCC(C)(C)OC)on1. The van der Waals surface area contributed by atoms with Crippen molar-refractivity contribution in [3.8, 4) is 0 Å². The van der Waals surface area contributed by atoms with Crippen LogP contribution in [0.5, 0.6) is 0 Å². The molecule has 19 heavy (non-hydrogen) atoms. The van der Waals surface area contributed by atoms with Gasteiger partial charge in [-0.3, -0.25) is 0 Å². The molecule has 1 heterocycles. The van der Waals surface area contributed by atoms with Crippen LogP contribution < -0.4 is 5.32 Å². The first-order valence-electron chi connectivity index (χ1n) is 6.85. The van der Waals surface area contributed by atoms with E-state index in [4.69, 9.17) is 14.0 Å². The van der Waals surface area contributed by atoms with Crippen LogP contribution in [0.15, 0.2) is 10.6 Å². The Morgan fingerprint density at radius 1 is 1.42 bits per heavy atom. The maximum absolute atomic E-state index is 5.56. The Kier molecular flexibility index (Phi) is 7.05. The molecule has 0 fully saturated rings. The van der Waals surface area contributed by atoms with Gasteiger partial charge in [-0.25, -0.2) is 0 Å². The van der Waals surface area contributed by atoms with Crippen molar-refractivity contribution < 1.29 is 14.0 Å². The molecule has 1 aromatic rings. The molecule has 1 rings (SSSR count). The summed E-state index contributed by atoms with van der Waals surface area (Å²) < 4.78 is 16.1. The van der Waals surface area contributed by atoms with E-state index < -0.39 is 0 Å². The van der Waals surface area contributed by atoms with Gasteiger partial charge in [-0.1, -0.05) is 12.1 Å². The molecule has 1 aromatic heterocycles. The van der Waals surface area contributed by atoms with Crippen molar-refractivity contribution in [2.24, 2.45) is 0 Å². The van der Waals surface area contributed by atoms with Gasteiger partial charge in [0.15, 0.2) is 5.76 Å². The lowest BCUT2D eigenvalue weighted by molar-refractivity contribution is -0.0148. The highest BCUT2D eigenvalue weighted by atomic mass is 16.5. The average molecular weight is 270 g/mol. The van der Waals surface area contributed by atoms with Crippen LogP contribution in [0.4, 0.5) is 0 Å². The van der Waals surface area contributed by atoms with Crippen LogP contribution in [0, 0.1) is 0 Å². The van der Waals surface area contributed by atoms with Crippen LogP contribution in [-0.2, 0) is 22.6 Å². The van der Waals surface area contributed by atoms with Crippen LogP contribution in [-0.4, -0.2) is 31.0 Å². The number of aromatic nitrogens is 1. The summed E-state index contributed by atoms with van der Waals surface area (Å²) in [5, 5.41) is 7.27. The Labute approximate surface area is 115 Å². The van der Waals surface area contributed by atoms with Gasteiger partial charge in [0.2, 0.25) is 0 Å². The lowest BCUT2D eigenvalue weighted by Crippen LogP contribution is -2.24. The molecule has 0 bridgehead atoms. The zero-order valence-electron chi connectivity index (χ0n) is 12.5. The van der Waals surface area contributed by atoms with Crippen molar-refractivity contribution in [3.63, 3.8) is 0 Å². The van der Waals surface area contributed by atoms with Crippen LogP contribution in [0.1, 0.15) is 45.1 Å². The Morgan fingerprint density at radius 3 is 2.89 bits per heavy atom. The summed E-state index contributed by atoms with van der Waals surface area (Å²) >= 11 is 0. The normalized spacial score (nSPS) is 12.0. The van der Waals surface area contributed by atoms with Crippen molar-refractivity contribution in [3.05, 3.63) is 17.5 Å². The monoisotopic (exact) mass is 270 g/mol. The summed E-state index contributed by atoms with van der Waals surface area (Å²) in [7, 11) is 1.71. The maximum Gasteiger partial charge on any atom is 0.162 e. The largest absolute Gasteiger partial charge is 0.379 e. The summed E-state index contributed by atoms with van der Waals surface area (Å²) in [6.07, 6.45) is 1.96. The van der Waals surface area contributed by atoms with Crippen LogP contribution in [0.3, 0.4) is 0 Å². The highest BCUT2D eigenvalue weighted by molar-refractivity contribution is 5.04. The molecule has 5 nitrogen and oxygen atoms in total. The predicted molar refractivity (Wildman–Crippen MR) is 73.9 cm³/mol. The molecule has 0 aliphatic carbocycles. The van der Waals surface area contributed by atoms with Gasteiger partial charge in [0.1, 0.15) is 6.61 Å². The number of methoxy groups -OCH3 is 1. The summed E-state index contributed by atoms with van der Waals surface area (Å²) in [6, 6.07) is 1.93. The fraction of sp³-hybridized carbons (Fsp3) is 0.786. The molecule has 0 saturated carbocycles. The van der Waals surface area contributed by atoms with E-state index in [0.29, 0.717) is 13.2 Å². The van der Waals surface area contributed by atoms with Crippen molar-refractivity contribution in [2.45, 2.75) is 52.4 Å². The number of ether oxygens (including phenoxy) is 2. The fourth-order valence-electron chi connectivity index (χ4n) is 1.49. The number of hydrogen-bond donors (Lipinski definition) is 1. The van der Waals surface area contributed by atoms with Gasteiger partial charge in [0.05, 0.1) is 11.3 Å². The Balaban J connectivity index is 2.19. The van der Waals surface area contributed by atoms with Crippen LogP contribution >= 0.6 is 0 Å². The standard InChI is InChI=1S/C14H26N2O3/c1-5-7-15-10-12-9-13(19-16-12)11-18-8-6-14(2,3)17-4/h9,15H,5-8,10-11H2,1-4H3. The quantitative estimate of drug-likeness (QED) is 0.662. The number of hydrogen-bond acceptors (Lipinski definition) is 5. The van der Waals surface area contributed by atoms with E-state index in [0.717, 1.165) is 37.4 Å². The molecular formula is C14H26N2O3. The molecular weight excluding hydrogens is 244 g/mol. The Hall–Kier alpha value is -0.910. The molecule has 1 N–H and O–H groups in total. The third-order valence-corrected chi connectivity index (χ3v) is 2.99. The fourth-order valence-corrected chi connectivity index (χ4v) is 1.49. The van der Waals surface area contributed by atoms with Crippen molar-refractivity contribution in [2.75, 3.05) is 20.3 Å². The lowest BCUT2D eigenvalue weighted by Gasteiger charge is -2.22. The van der Waals surface area contributed by atoms with E-state index in [-0.39, 0.29) is 5.60 Å². The van der Waals surface area contributed by atoms with E-state index in [2.05, 4.69) is 17.4 Å². The minimum absolute atomic E-state index is 0.142. The summed E-state index contributed by atoms with van der Waals surface area (Å²) in [5.74, 6) is 0.767. The van der Waals surface area contributed by atoms with Gasteiger partial charge in [-0.2, -0.15) is 0 Å². The minimum Gasteiger partial charge on any atom is -0.379 e. The molecule has 0 atom stereocenters. The minimum atomic E-state index is -0.142. The molecule has 0 aromatic carbocycles. The third-order valence-electron chi connectivity index (χ3n) is 2.99.